The van der Waals surface area contributed by atoms with Crippen molar-refractivity contribution < 1.29 is 14.7 Å². The maximum absolute atomic E-state index is 9.46. The minimum atomic E-state index is 0.232. The van der Waals surface area contributed by atoms with E-state index in [2.05, 4.69) is 26.0 Å². The SMILES string of the molecule is CCCCCCCC/C=C\CCCCCCCC[N+](CCO)(CCO)CCCC. The van der Waals surface area contributed by atoms with Crippen LogP contribution >= 0.6 is 0 Å². The molecule has 0 saturated carbocycles. The van der Waals surface area contributed by atoms with Crippen LogP contribution < -0.4 is 0 Å². The molecule has 0 saturated heterocycles. The third-order valence-electron chi connectivity index (χ3n) is 6.28. The molecule has 0 aromatic rings. The third-order valence-corrected chi connectivity index (χ3v) is 6.28. The second kappa shape index (κ2) is 22.3. The number of nitrogens with zero attached hydrogens (tertiary/aromatic N) is 1. The number of aliphatic hydroxyl groups is 2. The predicted molar refractivity (Wildman–Crippen MR) is 128 cm³/mol. The Morgan fingerprint density at radius 2 is 0.897 bits per heavy atom. The monoisotopic (exact) mass is 412 g/mol. The summed E-state index contributed by atoms with van der Waals surface area (Å²) < 4.78 is 0.907. The van der Waals surface area contributed by atoms with Gasteiger partial charge in [0.25, 0.3) is 0 Å². The van der Waals surface area contributed by atoms with Crippen molar-refractivity contribution >= 4 is 0 Å². The summed E-state index contributed by atoms with van der Waals surface area (Å²) in [6.45, 7) is 8.77. The second-order valence-corrected chi connectivity index (χ2v) is 8.97. The number of unbranched alkanes of at least 4 members (excludes halogenated alkanes) is 13. The molecule has 0 rings (SSSR count). The number of hydrogen-bond donors (Lipinski definition) is 2. The molecule has 0 atom stereocenters. The Bertz CT molecular complexity index is 338. The van der Waals surface area contributed by atoms with Crippen LogP contribution in [0.2, 0.25) is 0 Å². The Hall–Kier alpha value is -0.380. The first-order valence-corrected chi connectivity index (χ1v) is 13.0. The molecule has 29 heavy (non-hydrogen) atoms. The number of hydrogen-bond acceptors (Lipinski definition) is 2. The van der Waals surface area contributed by atoms with Gasteiger partial charge in [-0.2, -0.15) is 0 Å². The molecule has 2 N–H and O–H groups in total. The van der Waals surface area contributed by atoms with E-state index in [1.165, 1.54) is 103 Å². The molecule has 0 aromatic heterocycles. The van der Waals surface area contributed by atoms with Crippen molar-refractivity contribution in [3.05, 3.63) is 12.2 Å². The van der Waals surface area contributed by atoms with Crippen molar-refractivity contribution in [1.82, 2.24) is 0 Å². The summed E-state index contributed by atoms with van der Waals surface area (Å²) in [7, 11) is 0. The van der Waals surface area contributed by atoms with Gasteiger partial charge in [-0.15, -0.1) is 0 Å². The largest absolute Gasteiger partial charge is 0.391 e. The topological polar surface area (TPSA) is 40.5 Å². The van der Waals surface area contributed by atoms with Crippen LogP contribution in [0.5, 0.6) is 0 Å². The molecule has 3 nitrogen and oxygen atoms in total. The lowest BCUT2D eigenvalue weighted by Crippen LogP contribution is -2.52. The fraction of sp³-hybridized carbons (Fsp3) is 0.923. The highest BCUT2D eigenvalue weighted by Gasteiger charge is 2.25. The van der Waals surface area contributed by atoms with Gasteiger partial charge in [-0.25, -0.2) is 0 Å². The fourth-order valence-electron chi connectivity index (χ4n) is 4.28. The molecule has 0 aromatic carbocycles. The fourth-order valence-corrected chi connectivity index (χ4v) is 4.28. The van der Waals surface area contributed by atoms with Gasteiger partial charge >= 0.3 is 0 Å². The van der Waals surface area contributed by atoms with Crippen LogP contribution in [0.15, 0.2) is 12.2 Å². The molecule has 0 heterocycles. The average molecular weight is 413 g/mol. The minimum absolute atomic E-state index is 0.232. The molecule has 0 aliphatic carbocycles. The molecular formula is C26H54NO2+. The van der Waals surface area contributed by atoms with Gasteiger partial charge in [0.15, 0.2) is 0 Å². The summed E-state index contributed by atoms with van der Waals surface area (Å²) in [4.78, 5) is 0. The predicted octanol–water partition coefficient (Wildman–Crippen LogP) is 6.63. The summed E-state index contributed by atoms with van der Waals surface area (Å²) in [5.41, 5.74) is 0. The molecule has 0 spiro atoms. The molecule has 0 bridgehead atoms. The van der Waals surface area contributed by atoms with Gasteiger partial charge in [0.2, 0.25) is 0 Å². The van der Waals surface area contributed by atoms with Crippen LogP contribution in [0, 0.1) is 0 Å². The standard InChI is InChI=1S/C26H54NO2/c1-3-5-7-8-9-10-11-12-13-14-15-16-17-18-19-20-22-27(23-25-28,24-26-29)21-6-4-2/h12-13,28-29H,3-11,14-26H2,1-2H3/q+1/b13-12-. The van der Waals surface area contributed by atoms with Crippen LogP contribution in [-0.2, 0) is 0 Å². The van der Waals surface area contributed by atoms with E-state index in [4.69, 9.17) is 0 Å². The normalized spacial score (nSPS) is 12.3. The summed E-state index contributed by atoms with van der Waals surface area (Å²) in [5, 5.41) is 18.9. The summed E-state index contributed by atoms with van der Waals surface area (Å²) >= 11 is 0. The highest BCUT2D eigenvalue weighted by atomic mass is 16.3. The van der Waals surface area contributed by atoms with Crippen molar-refractivity contribution in [1.29, 1.82) is 0 Å². The lowest BCUT2D eigenvalue weighted by Gasteiger charge is -2.38. The average Bonchev–Trinajstić information content (AvgIpc) is 2.72. The number of quaternary nitrogens is 1. The third kappa shape index (κ3) is 18.1. The van der Waals surface area contributed by atoms with E-state index in [1.807, 2.05) is 0 Å². The van der Waals surface area contributed by atoms with Gasteiger partial charge in [-0.1, -0.05) is 83.8 Å². The molecular weight excluding hydrogens is 358 g/mol. The molecule has 0 amide bonds. The maximum Gasteiger partial charge on any atom is 0.102 e. The molecule has 3 heteroatoms. The summed E-state index contributed by atoms with van der Waals surface area (Å²) in [5.74, 6) is 0. The lowest BCUT2D eigenvalue weighted by molar-refractivity contribution is -0.929. The first-order chi connectivity index (χ1) is 14.2. The van der Waals surface area contributed by atoms with E-state index in [0.29, 0.717) is 0 Å². The van der Waals surface area contributed by atoms with Gasteiger partial charge in [-0.3, -0.25) is 0 Å². The molecule has 0 unspecified atom stereocenters. The maximum atomic E-state index is 9.46. The molecule has 174 valence electrons. The highest BCUT2D eigenvalue weighted by Crippen LogP contribution is 2.14. The van der Waals surface area contributed by atoms with Gasteiger partial charge in [0, 0.05) is 0 Å². The summed E-state index contributed by atoms with van der Waals surface area (Å²) in [6.07, 6.45) is 25.9. The Morgan fingerprint density at radius 3 is 1.38 bits per heavy atom. The van der Waals surface area contributed by atoms with Crippen molar-refractivity contribution in [2.75, 3.05) is 39.4 Å². The zero-order valence-electron chi connectivity index (χ0n) is 20.1. The summed E-state index contributed by atoms with van der Waals surface area (Å²) in [6, 6.07) is 0. The van der Waals surface area contributed by atoms with Gasteiger partial charge in [0.1, 0.15) is 13.1 Å². The minimum Gasteiger partial charge on any atom is -0.391 e. The van der Waals surface area contributed by atoms with Crippen molar-refractivity contribution in [3.8, 4) is 0 Å². The van der Waals surface area contributed by atoms with Gasteiger partial charge in [0.05, 0.1) is 26.3 Å². The zero-order chi connectivity index (χ0) is 21.5. The second-order valence-electron chi connectivity index (χ2n) is 8.97. The number of aliphatic hydroxyl groups excluding tert-OH is 2. The Labute approximate surface area is 183 Å². The van der Waals surface area contributed by atoms with Crippen LogP contribution in [0.1, 0.15) is 117 Å². The van der Waals surface area contributed by atoms with E-state index in [1.54, 1.807) is 0 Å². The first kappa shape index (κ1) is 28.6. The number of allylic oxidation sites excluding steroid dienone is 2. The van der Waals surface area contributed by atoms with E-state index in [0.717, 1.165) is 30.7 Å². The quantitative estimate of drug-likeness (QED) is 0.112. The van der Waals surface area contributed by atoms with Gasteiger partial charge < -0.3 is 14.7 Å². The molecule has 0 aliphatic rings. The first-order valence-electron chi connectivity index (χ1n) is 13.0. The van der Waals surface area contributed by atoms with E-state index in [9.17, 15) is 10.2 Å². The van der Waals surface area contributed by atoms with Crippen LogP contribution in [0.25, 0.3) is 0 Å². The lowest BCUT2D eigenvalue weighted by atomic mass is 10.1. The Balaban J connectivity index is 3.63. The molecule has 0 radical (unpaired) electrons. The molecule has 0 fully saturated rings. The highest BCUT2D eigenvalue weighted by molar-refractivity contribution is 4.81. The van der Waals surface area contributed by atoms with Crippen molar-refractivity contribution in [2.24, 2.45) is 0 Å². The van der Waals surface area contributed by atoms with Crippen molar-refractivity contribution in [2.45, 2.75) is 117 Å². The Morgan fingerprint density at radius 1 is 0.483 bits per heavy atom. The van der Waals surface area contributed by atoms with E-state index >= 15 is 0 Å². The van der Waals surface area contributed by atoms with E-state index in [-0.39, 0.29) is 13.2 Å². The molecule has 0 aliphatic heterocycles. The van der Waals surface area contributed by atoms with Crippen LogP contribution in [0.3, 0.4) is 0 Å². The van der Waals surface area contributed by atoms with Crippen LogP contribution in [-0.4, -0.2) is 54.1 Å². The Kier molecular flexibility index (Phi) is 22.0. The van der Waals surface area contributed by atoms with Gasteiger partial charge in [-0.05, 0) is 44.9 Å². The van der Waals surface area contributed by atoms with E-state index < -0.39 is 0 Å². The van der Waals surface area contributed by atoms with Crippen LogP contribution in [0.4, 0.5) is 0 Å². The zero-order valence-corrected chi connectivity index (χ0v) is 20.1. The van der Waals surface area contributed by atoms with Crippen molar-refractivity contribution in [3.63, 3.8) is 0 Å². The number of rotatable bonds is 23. The smallest absolute Gasteiger partial charge is 0.102 e.